The molecule has 2 aliphatic heterocycles. The SMILES string of the molecule is CCNC(=O)NC(=O)C(C)N1C[C@H]2CNC[C@H]2C1. The highest BCUT2D eigenvalue weighted by Gasteiger charge is 2.39. The molecule has 0 spiro atoms. The third-order valence-electron chi connectivity index (χ3n) is 3.92. The third kappa shape index (κ3) is 2.81. The highest BCUT2D eigenvalue weighted by atomic mass is 16.2. The van der Waals surface area contributed by atoms with Gasteiger partial charge in [0.2, 0.25) is 5.91 Å². The second kappa shape index (κ2) is 5.67. The number of rotatable bonds is 3. The van der Waals surface area contributed by atoms with Gasteiger partial charge in [-0.3, -0.25) is 15.0 Å². The van der Waals surface area contributed by atoms with E-state index >= 15 is 0 Å². The second-order valence-corrected chi connectivity index (χ2v) is 5.16. The minimum Gasteiger partial charge on any atom is -0.338 e. The Labute approximate surface area is 107 Å². The zero-order valence-corrected chi connectivity index (χ0v) is 11.0. The van der Waals surface area contributed by atoms with Crippen LogP contribution in [0, 0.1) is 11.8 Å². The molecule has 0 bridgehead atoms. The van der Waals surface area contributed by atoms with Crippen LogP contribution in [0.5, 0.6) is 0 Å². The number of urea groups is 1. The zero-order valence-electron chi connectivity index (χ0n) is 11.0. The Morgan fingerprint density at radius 3 is 2.50 bits per heavy atom. The summed E-state index contributed by atoms with van der Waals surface area (Å²) in [7, 11) is 0. The Morgan fingerprint density at radius 2 is 1.94 bits per heavy atom. The molecule has 0 aliphatic carbocycles. The van der Waals surface area contributed by atoms with Gasteiger partial charge in [-0.15, -0.1) is 0 Å². The Morgan fingerprint density at radius 1 is 1.33 bits per heavy atom. The van der Waals surface area contributed by atoms with Crippen molar-refractivity contribution in [2.75, 3.05) is 32.7 Å². The summed E-state index contributed by atoms with van der Waals surface area (Å²) >= 11 is 0. The molecular weight excluding hydrogens is 232 g/mol. The maximum absolute atomic E-state index is 11.9. The third-order valence-corrected chi connectivity index (χ3v) is 3.92. The number of fused-ring (bicyclic) bond motifs is 1. The van der Waals surface area contributed by atoms with E-state index in [0.29, 0.717) is 18.4 Å². The fraction of sp³-hybridized carbons (Fsp3) is 0.833. The Kier molecular flexibility index (Phi) is 4.19. The minimum atomic E-state index is -0.407. The van der Waals surface area contributed by atoms with E-state index in [1.54, 1.807) is 0 Å². The normalized spacial score (nSPS) is 28.8. The largest absolute Gasteiger partial charge is 0.338 e. The molecule has 18 heavy (non-hydrogen) atoms. The van der Waals surface area contributed by atoms with E-state index in [1.165, 1.54) is 0 Å². The summed E-state index contributed by atoms with van der Waals surface area (Å²) < 4.78 is 0. The molecule has 0 saturated carbocycles. The lowest BCUT2D eigenvalue weighted by molar-refractivity contribution is -0.124. The van der Waals surface area contributed by atoms with Gasteiger partial charge in [-0.2, -0.15) is 0 Å². The maximum Gasteiger partial charge on any atom is 0.321 e. The van der Waals surface area contributed by atoms with Crippen LogP contribution in [0.1, 0.15) is 13.8 Å². The van der Waals surface area contributed by atoms with Gasteiger partial charge in [0.1, 0.15) is 0 Å². The fourth-order valence-corrected chi connectivity index (χ4v) is 2.79. The number of amides is 3. The van der Waals surface area contributed by atoms with Crippen molar-refractivity contribution >= 4 is 11.9 Å². The number of nitrogens with one attached hydrogen (secondary N) is 3. The van der Waals surface area contributed by atoms with Gasteiger partial charge in [-0.25, -0.2) is 4.79 Å². The van der Waals surface area contributed by atoms with E-state index in [0.717, 1.165) is 26.2 Å². The van der Waals surface area contributed by atoms with Gasteiger partial charge in [0.15, 0.2) is 0 Å². The van der Waals surface area contributed by atoms with Crippen LogP contribution in [-0.2, 0) is 4.79 Å². The van der Waals surface area contributed by atoms with Crippen LogP contribution >= 0.6 is 0 Å². The van der Waals surface area contributed by atoms with Gasteiger partial charge in [0.05, 0.1) is 6.04 Å². The van der Waals surface area contributed by atoms with E-state index in [1.807, 2.05) is 13.8 Å². The molecule has 6 heteroatoms. The molecule has 0 aromatic heterocycles. The van der Waals surface area contributed by atoms with E-state index < -0.39 is 6.03 Å². The first-order valence-corrected chi connectivity index (χ1v) is 6.65. The summed E-state index contributed by atoms with van der Waals surface area (Å²) in [6, 6.07) is -0.645. The molecular formula is C12H22N4O2. The van der Waals surface area contributed by atoms with Gasteiger partial charge in [0, 0.05) is 19.6 Å². The van der Waals surface area contributed by atoms with E-state index in [-0.39, 0.29) is 11.9 Å². The van der Waals surface area contributed by atoms with Gasteiger partial charge in [-0.05, 0) is 38.8 Å². The minimum absolute atomic E-state index is 0.214. The standard InChI is InChI=1S/C12H22N4O2/c1-3-14-12(18)15-11(17)8(2)16-6-9-4-13-5-10(9)7-16/h8-10,13H,3-7H2,1-2H3,(H2,14,15,17,18)/t8?,9-,10+. The highest BCUT2D eigenvalue weighted by molar-refractivity contribution is 5.96. The van der Waals surface area contributed by atoms with Crippen LogP contribution in [0.25, 0.3) is 0 Å². The summed E-state index contributed by atoms with van der Waals surface area (Å²) in [6.07, 6.45) is 0. The number of hydrogen-bond donors (Lipinski definition) is 3. The number of imide groups is 1. The summed E-state index contributed by atoms with van der Waals surface area (Å²) in [5.41, 5.74) is 0. The Balaban J connectivity index is 1.82. The number of hydrogen-bond acceptors (Lipinski definition) is 4. The molecule has 2 aliphatic rings. The van der Waals surface area contributed by atoms with Crippen LogP contribution in [-0.4, -0.2) is 55.6 Å². The van der Waals surface area contributed by atoms with Crippen molar-refractivity contribution in [3.8, 4) is 0 Å². The lowest BCUT2D eigenvalue weighted by Crippen LogP contribution is -2.49. The van der Waals surface area contributed by atoms with Crippen molar-refractivity contribution in [1.29, 1.82) is 0 Å². The summed E-state index contributed by atoms with van der Waals surface area (Å²) in [5.74, 6) is 1.10. The zero-order chi connectivity index (χ0) is 13.1. The second-order valence-electron chi connectivity index (χ2n) is 5.16. The molecule has 3 atom stereocenters. The lowest BCUT2D eigenvalue weighted by atomic mass is 10.0. The predicted octanol–water partition coefficient (Wildman–Crippen LogP) is -0.628. The van der Waals surface area contributed by atoms with Gasteiger partial charge in [-0.1, -0.05) is 0 Å². The van der Waals surface area contributed by atoms with Gasteiger partial charge < -0.3 is 10.6 Å². The molecule has 2 heterocycles. The molecule has 2 saturated heterocycles. The summed E-state index contributed by atoms with van der Waals surface area (Å²) in [4.78, 5) is 25.4. The average Bonchev–Trinajstić information content (AvgIpc) is 2.87. The van der Waals surface area contributed by atoms with Crippen molar-refractivity contribution in [1.82, 2.24) is 20.9 Å². The molecule has 0 aromatic rings. The van der Waals surface area contributed by atoms with Gasteiger partial charge >= 0.3 is 6.03 Å². The van der Waals surface area contributed by atoms with Crippen molar-refractivity contribution in [2.24, 2.45) is 11.8 Å². The smallest absolute Gasteiger partial charge is 0.321 e. The van der Waals surface area contributed by atoms with Gasteiger partial charge in [0.25, 0.3) is 0 Å². The molecule has 1 unspecified atom stereocenters. The molecule has 102 valence electrons. The monoisotopic (exact) mass is 254 g/mol. The molecule has 3 N–H and O–H groups in total. The van der Waals surface area contributed by atoms with Crippen LogP contribution in [0.3, 0.4) is 0 Å². The molecule has 0 radical (unpaired) electrons. The Hall–Kier alpha value is -1.14. The van der Waals surface area contributed by atoms with Crippen LogP contribution in [0.4, 0.5) is 4.79 Å². The number of carbonyl (C=O) groups is 2. The molecule has 0 aromatic carbocycles. The maximum atomic E-state index is 11.9. The summed E-state index contributed by atoms with van der Waals surface area (Å²) in [5, 5.41) is 8.31. The molecule has 6 nitrogen and oxygen atoms in total. The van der Waals surface area contributed by atoms with Crippen LogP contribution in [0.2, 0.25) is 0 Å². The van der Waals surface area contributed by atoms with Crippen molar-refractivity contribution in [3.63, 3.8) is 0 Å². The number of nitrogens with zero attached hydrogens (tertiary/aromatic N) is 1. The first-order valence-electron chi connectivity index (χ1n) is 6.65. The fourth-order valence-electron chi connectivity index (χ4n) is 2.79. The van der Waals surface area contributed by atoms with Crippen molar-refractivity contribution in [3.05, 3.63) is 0 Å². The quantitative estimate of drug-likeness (QED) is 0.627. The number of likely N-dealkylation sites (tertiary alicyclic amines) is 1. The van der Waals surface area contributed by atoms with Crippen molar-refractivity contribution in [2.45, 2.75) is 19.9 Å². The topological polar surface area (TPSA) is 73.5 Å². The lowest BCUT2D eigenvalue weighted by Gasteiger charge is -2.23. The predicted molar refractivity (Wildman–Crippen MR) is 68.1 cm³/mol. The highest BCUT2D eigenvalue weighted by Crippen LogP contribution is 2.27. The van der Waals surface area contributed by atoms with E-state index in [9.17, 15) is 9.59 Å². The molecule has 2 rings (SSSR count). The Bertz CT molecular complexity index is 322. The summed E-state index contributed by atoms with van der Waals surface area (Å²) in [6.45, 7) is 8.19. The van der Waals surface area contributed by atoms with E-state index in [4.69, 9.17) is 0 Å². The average molecular weight is 254 g/mol. The first kappa shape index (κ1) is 13.3. The molecule has 3 amide bonds. The number of carbonyl (C=O) groups excluding carboxylic acids is 2. The van der Waals surface area contributed by atoms with Crippen LogP contribution in [0.15, 0.2) is 0 Å². The van der Waals surface area contributed by atoms with Crippen LogP contribution < -0.4 is 16.0 Å². The van der Waals surface area contributed by atoms with E-state index in [2.05, 4.69) is 20.9 Å². The molecule has 2 fully saturated rings. The van der Waals surface area contributed by atoms with Crippen molar-refractivity contribution < 1.29 is 9.59 Å². The first-order chi connectivity index (χ1) is 8.61.